The quantitative estimate of drug-likeness (QED) is 0.456. The summed E-state index contributed by atoms with van der Waals surface area (Å²) in [4.78, 5) is 22.3. The first-order valence-electron chi connectivity index (χ1n) is 9.89. The molecule has 1 fully saturated rings. The smallest absolute Gasteiger partial charge is 0.258 e. The SMILES string of the molecule is CC1CCN(Cc2csc(NC(=O)c3ccccc3SCc3cccs3)n2)CC1. The molecule has 0 bridgehead atoms. The number of piperidine rings is 1. The van der Waals surface area contributed by atoms with Gasteiger partial charge in [-0.2, -0.15) is 0 Å². The van der Waals surface area contributed by atoms with E-state index in [-0.39, 0.29) is 5.91 Å². The Bertz CT molecular complexity index is 930. The molecule has 3 heterocycles. The topological polar surface area (TPSA) is 45.2 Å². The van der Waals surface area contributed by atoms with Crippen LogP contribution in [0.2, 0.25) is 0 Å². The lowest BCUT2D eigenvalue weighted by Gasteiger charge is -2.29. The Kier molecular flexibility index (Phi) is 7.02. The lowest BCUT2D eigenvalue weighted by molar-refractivity contribution is 0.102. The molecule has 3 aromatic rings. The summed E-state index contributed by atoms with van der Waals surface area (Å²) in [5.41, 5.74) is 1.75. The number of likely N-dealkylation sites (tertiary alicyclic amines) is 1. The normalized spacial score (nSPS) is 15.5. The molecule has 1 amide bonds. The highest BCUT2D eigenvalue weighted by Gasteiger charge is 2.18. The second-order valence-corrected chi connectivity index (χ2v) is 10.3. The van der Waals surface area contributed by atoms with Gasteiger partial charge in [-0.1, -0.05) is 25.1 Å². The molecule has 0 radical (unpaired) electrons. The molecule has 0 atom stereocenters. The molecule has 0 spiro atoms. The zero-order valence-corrected chi connectivity index (χ0v) is 18.9. The van der Waals surface area contributed by atoms with Crippen molar-refractivity contribution in [2.24, 2.45) is 5.92 Å². The van der Waals surface area contributed by atoms with Crippen molar-refractivity contribution in [3.63, 3.8) is 0 Å². The van der Waals surface area contributed by atoms with E-state index in [1.807, 2.05) is 24.3 Å². The van der Waals surface area contributed by atoms with E-state index in [9.17, 15) is 4.79 Å². The summed E-state index contributed by atoms with van der Waals surface area (Å²) in [6, 6.07) is 12.0. The van der Waals surface area contributed by atoms with E-state index in [1.54, 1.807) is 23.1 Å². The van der Waals surface area contributed by atoms with E-state index in [1.165, 1.54) is 29.1 Å². The van der Waals surface area contributed by atoms with Crippen molar-refractivity contribution in [3.8, 4) is 0 Å². The fraction of sp³-hybridized carbons (Fsp3) is 0.364. The van der Waals surface area contributed by atoms with Gasteiger partial charge in [-0.3, -0.25) is 15.0 Å². The summed E-state index contributed by atoms with van der Waals surface area (Å²) in [6.07, 6.45) is 2.52. The number of benzene rings is 1. The Balaban J connectivity index is 1.36. The third-order valence-electron chi connectivity index (χ3n) is 5.12. The highest BCUT2D eigenvalue weighted by Crippen LogP contribution is 2.29. The second-order valence-electron chi connectivity index (χ2n) is 7.42. The van der Waals surface area contributed by atoms with Gasteiger partial charge in [0.1, 0.15) is 0 Å². The van der Waals surface area contributed by atoms with E-state index >= 15 is 0 Å². The zero-order valence-electron chi connectivity index (χ0n) is 16.5. The average molecular weight is 444 g/mol. The number of thioether (sulfide) groups is 1. The Labute approximate surface area is 184 Å². The van der Waals surface area contributed by atoms with Crippen LogP contribution in [0.5, 0.6) is 0 Å². The van der Waals surface area contributed by atoms with Gasteiger partial charge in [0.15, 0.2) is 5.13 Å². The highest BCUT2D eigenvalue weighted by atomic mass is 32.2. The van der Waals surface area contributed by atoms with Gasteiger partial charge in [0.25, 0.3) is 5.91 Å². The number of thiophene rings is 1. The first kappa shape index (κ1) is 20.6. The first-order valence-corrected chi connectivity index (χ1v) is 12.6. The number of carbonyl (C=O) groups is 1. The fourth-order valence-corrected chi connectivity index (χ4v) is 5.89. The maximum atomic E-state index is 12.9. The van der Waals surface area contributed by atoms with E-state index in [0.29, 0.717) is 10.7 Å². The summed E-state index contributed by atoms with van der Waals surface area (Å²) in [7, 11) is 0. The Hall–Kier alpha value is -1.67. The number of nitrogens with one attached hydrogen (secondary N) is 1. The van der Waals surface area contributed by atoms with Gasteiger partial charge in [0.2, 0.25) is 0 Å². The molecule has 1 aromatic carbocycles. The molecule has 2 aromatic heterocycles. The number of hydrogen-bond donors (Lipinski definition) is 1. The number of anilines is 1. The van der Waals surface area contributed by atoms with E-state index < -0.39 is 0 Å². The van der Waals surface area contributed by atoms with Gasteiger partial charge in [-0.25, -0.2) is 4.98 Å². The van der Waals surface area contributed by atoms with Crippen LogP contribution in [-0.4, -0.2) is 28.9 Å². The van der Waals surface area contributed by atoms with Crippen LogP contribution < -0.4 is 5.32 Å². The maximum Gasteiger partial charge on any atom is 0.258 e. The zero-order chi connectivity index (χ0) is 20.1. The van der Waals surface area contributed by atoms with Crippen molar-refractivity contribution in [1.82, 2.24) is 9.88 Å². The van der Waals surface area contributed by atoms with Crippen LogP contribution in [0.15, 0.2) is 52.1 Å². The molecular weight excluding hydrogens is 418 g/mol. The van der Waals surface area contributed by atoms with Crippen molar-refractivity contribution in [2.75, 3.05) is 18.4 Å². The summed E-state index contributed by atoms with van der Waals surface area (Å²) in [6.45, 7) is 5.46. The minimum atomic E-state index is -0.0908. The van der Waals surface area contributed by atoms with Crippen LogP contribution in [0.4, 0.5) is 5.13 Å². The third-order valence-corrected chi connectivity index (χ3v) is 8.10. The van der Waals surface area contributed by atoms with Crippen molar-refractivity contribution in [3.05, 3.63) is 63.3 Å². The lowest BCUT2D eigenvalue weighted by Crippen LogP contribution is -2.32. The van der Waals surface area contributed by atoms with Crippen LogP contribution in [0.3, 0.4) is 0 Å². The molecule has 4 nitrogen and oxygen atoms in total. The van der Waals surface area contributed by atoms with Gasteiger partial charge < -0.3 is 0 Å². The van der Waals surface area contributed by atoms with Gasteiger partial charge in [-0.05, 0) is 55.4 Å². The van der Waals surface area contributed by atoms with E-state index in [0.717, 1.165) is 41.9 Å². The van der Waals surface area contributed by atoms with Gasteiger partial charge in [0, 0.05) is 27.5 Å². The predicted molar refractivity (Wildman–Crippen MR) is 124 cm³/mol. The Morgan fingerprint density at radius 1 is 1.21 bits per heavy atom. The molecule has 1 N–H and O–H groups in total. The number of thiazole rings is 1. The highest BCUT2D eigenvalue weighted by molar-refractivity contribution is 7.98. The van der Waals surface area contributed by atoms with Crippen molar-refractivity contribution in [2.45, 2.75) is 37.0 Å². The molecule has 152 valence electrons. The van der Waals surface area contributed by atoms with Crippen LogP contribution in [0, 0.1) is 5.92 Å². The molecule has 0 unspecified atom stereocenters. The molecule has 4 rings (SSSR count). The number of hydrogen-bond acceptors (Lipinski definition) is 6. The minimum absolute atomic E-state index is 0.0908. The van der Waals surface area contributed by atoms with Gasteiger partial charge >= 0.3 is 0 Å². The van der Waals surface area contributed by atoms with E-state index in [2.05, 4.69) is 45.0 Å². The second kappa shape index (κ2) is 9.89. The summed E-state index contributed by atoms with van der Waals surface area (Å²) in [5, 5.41) is 7.81. The molecular formula is C22H25N3OS3. The molecule has 7 heteroatoms. The molecule has 29 heavy (non-hydrogen) atoms. The number of amides is 1. The van der Waals surface area contributed by atoms with Crippen LogP contribution in [0.1, 0.15) is 40.7 Å². The standard InChI is InChI=1S/C22H25N3OS3/c1-16-8-10-25(11-9-16)13-17-14-29-22(23-17)24-21(26)19-6-2-3-7-20(19)28-15-18-5-4-12-27-18/h2-7,12,14,16H,8-11,13,15H2,1H3,(H,23,24,26). The van der Waals surface area contributed by atoms with Crippen molar-refractivity contribution < 1.29 is 4.79 Å². The van der Waals surface area contributed by atoms with Crippen LogP contribution >= 0.6 is 34.4 Å². The van der Waals surface area contributed by atoms with Gasteiger partial charge in [0.05, 0.1) is 11.3 Å². The average Bonchev–Trinajstić information content (AvgIpc) is 3.40. The Morgan fingerprint density at radius 2 is 2.03 bits per heavy atom. The molecule has 0 aliphatic carbocycles. The monoisotopic (exact) mass is 443 g/mol. The summed E-state index contributed by atoms with van der Waals surface area (Å²) in [5.74, 6) is 1.61. The first-order chi connectivity index (χ1) is 14.2. The van der Waals surface area contributed by atoms with Crippen molar-refractivity contribution >= 4 is 45.5 Å². The maximum absolute atomic E-state index is 12.9. The third kappa shape index (κ3) is 5.69. The largest absolute Gasteiger partial charge is 0.298 e. The predicted octanol–water partition coefficient (Wildman–Crippen LogP) is 5.98. The molecule has 1 aliphatic rings. The van der Waals surface area contributed by atoms with Crippen molar-refractivity contribution in [1.29, 1.82) is 0 Å². The minimum Gasteiger partial charge on any atom is -0.298 e. The number of aromatic nitrogens is 1. The van der Waals surface area contributed by atoms with Crippen LogP contribution in [0.25, 0.3) is 0 Å². The molecule has 1 aliphatic heterocycles. The van der Waals surface area contributed by atoms with Crippen LogP contribution in [-0.2, 0) is 12.3 Å². The number of carbonyl (C=O) groups excluding carboxylic acids is 1. The summed E-state index contributed by atoms with van der Waals surface area (Å²) < 4.78 is 0. The number of nitrogens with zero attached hydrogens (tertiary/aromatic N) is 2. The summed E-state index contributed by atoms with van der Waals surface area (Å²) >= 11 is 4.94. The fourth-order valence-electron chi connectivity index (χ4n) is 3.37. The van der Waals surface area contributed by atoms with E-state index in [4.69, 9.17) is 0 Å². The molecule has 0 saturated carbocycles. The Morgan fingerprint density at radius 3 is 2.83 bits per heavy atom. The number of rotatable bonds is 7. The van der Waals surface area contributed by atoms with Gasteiger partial charge in [-0.15, -0.1) is 34.4 Å². The lowest BCUT2D eigenvalue weighted by atomic mass is 9.99. The molecule has 1 saturated heterocycles.